The number of thioether (sulfide) groups is 1. The third kappa shape index (κ3) is 7.10. The summed E-state index contributed by atoms with van der Waals surface area (Å²) in [5, 5.41) is 0. The molecule has 3 rings (SSSR count). The average Bonchev–Trinajstić information content (AvgIpc) is 3.13. The number of hydrogen-bond donors (Lipinski definition) is 0. The number of carbonyl (C=O) groups excluding carboxylic acids is 2. The molecule has 3 aromatic rings. The van der Waals surface area contributed by atoms with Gasteiger partial charge in [0.2, 0.25) is 5.91 Å². The van der Waals surface area contributed by atoms with Gasteiger partial charge >= 0.3 is 5.97 Å². The van der Waals surface area contributed by atoms with Crippen molar-refractivity contribution in [3.8, 4) is 11.5 Å². The van der Waals surface area contributed by atoms with Crippen molar-refractivity contribution in [2.45, 2.75) is 38.1 Å². The molecule has 2 aromatic carbocycles. The Bertz CT molecular complexity index is 1150. The Hall–Kier alpha value is -2.78. The van der Waals surface area contributed by atoms with Gasteiger partial charge < -0.3 is 18.8 Å². The minimum Gasteiger partial charge on any atom is -0.497 e. The van der Waals surface area contributed by atoms with E-state index in [0.717, 1.165) is 32.4 Å². The minimum atomic E-state index is -0.365. The van der Waals surface area contributed by atoms with E-state index in [2.05, 4.69) is 4.99 Å². The van der Waals surface area contributed by atoms with Crippen LogP contribution in [0.2, 0.25) is 0 Å². The lowest BCUT2D eigenvalue weighted by Gasteiger charge is -2.06. The van der Waals surface area contributed by atoms with Crippen LogP contribution >= 0.6 is 23.1 Å². The Kier molecular flexibility index (Phi) is 9.38. The normalized spacial score (nSPS) is 11.5. The number of carbonyl (C=O) groups is 2. The SMILES string of the molecule is CCOC(=O)Cn1c(=NC(=O)CCCSc2ccc(OC)cc2)sc2cc(OCC)ccc21. The second-order valence-electron chi connectivity index (χ2n) is 6.97. The molecule has 0 unspecified atom stereocenters. The average molecular weight is 489 g/mol. The van der Waals surface area contributed by atoms with E-state index in [4.69, 9.17) is 14.2 Å². The van der Waals surface area contributed by atoms with Gasteiger partial charge in [0.15, 0.2) is 4.80 Å². The van der Waals surface area contributed by atoms with Gasteiger partial charge in [0.25, 0.3) is 0 Å². The Balaban J connectivity index is 1.71. The first kappa shape index (κ1) is 24.9. The quantitative estimate of drug-likeness (QED) is 0.222. The van der Waals surface area contributed by atoms with Crippen LogP contribution in [0.15, 0.2) is 52.4 Å². The molecular formula is C24H28N2O5S2. The van der Waals surface area contributed by atoms with Crippen molar-refractivity contribution in [2.75, 3.05) is 26.1 Å². The zero-order valence-electron chi connectivity index (χ0n) is 19.0. The highest BCUT2D eigenvalue weighted by Gasteiger charge is 2.13. The number of amides is 1. The summed E-state index contributed by atoms with van der Waals surface area (Å²) < 4.78 is 18.5. The molecule has 1 aromatic heterocycles. The van der Waals surface area contributed by atoms with Crippen LogP contribution in [-0.4, -0.2) is 42.5 Å². The predicted molar refractivity (Wildman–Crippen MR) is 131 cm³/mol. The van der Waals surface area contributed by atoms with E-state index in [1.54, 1.807) is 30.4 Å². The second kappa shape index (κ2) is 12.5. The Labute approximate surface area is 201 Å². The minimum absolute atomic E-state index is 0.00125. The molecule has 0 N–H and O–H groups in total. The van der Waals surface area contributed by atoms with Gasteiger partial charge in [-0.15, -0.1) is 11.8 Å². The highest BCUT2D eigenvalue weighted by Crippen LogP contribution is 2.24. The monoisotopic (exact) mass is 488 g/mol. The Morgan fingerprint density at radius 1 is 1.06 bits per heavy atom. The summed E-state index contributed by atoms with van der Waals surface area (Å²) in [5.41, 5.74) is 0.818. The molecule has 0 aliphatic heterocycles. The van der Waals surface area contributed by atoms with E-state index in [-0.39, 0.29) is 18.4 Å². The molecule has 0 fully saturated rings. The highest BCUT2D eigenvalue weighted by molar-refractivity contribution is 7.99. The molecule has 0 bridgehead atoms. The van der Waals surface area contributed by atoms with Crippen LogP contribution in [0.25, 0.3) is 10.2 Å². The third-order valence-corrected chi connectivity index (χ3v) is 6.78. The number of methoxy groups -OCH3 is 1. The maximum Gasteiger partial charge on any atom is 0.326 e. The van der Waals surface area contributed by atoms with Crippen LogP contribution in [0.5, 0.6) is 11.5 Å². The van der Waals surface area contributed by atoms with E-state index in [1.807, 2.05) is 49.4 Å². The smallest absolute Gasteiger partial charge is 0.326 e. The van der Waals surface area contributed by atoms with Gasteiger partial charge in [-0.25, -0.2) is 0 Å². The molecule has 0 atom stereocenters. The van der Waals surface area contributed by atoms with Crippen LogP contribution in [0, 0.1) is 0 Å². The number of benzene rings is 2. The van der Waals surface area contributed by atoms with Crippen LogP contribution in [0.3, 0.4) is 0 Å². The van der Waals surface area contributed by atoms with Gasteiger partial charge in [-0.3, -0.25) is 9.59 Å². The van der Waals surface area contributed by atoms with Gasteiger partial charge in [0.05, 0.1) is 30.5 Å². The number of thiazole rings is 1. The van der Waals surface area contributed by atoms with Crippen molar-refractivity contribution in [2.24, 2.45) is 4.99 Å². The molecule has 176 valence electrons. The summed E-state index contributed by atoms with van der Waals surface area (Å²) in [7, 11) is 1.64. The van der Waals surface area contributed by atoms with Crippen molar-refractivity contribution in [3.63, 3.8) is 0 Å². The molecule has 33 heavy (non-hydrogen) atoms. The number of aromatic nitrogens is 1. The summed E-state index contributed by atoms with van der Waals surface area (Å²) in [5.74, 6) is 1.79. The van der Waals surface area contributed by atoms with Gasteiger partial charge in [-0.2, -0.15) is 4.99 Å². The lowest BCUT2D eigenvalue weighted by molar-refractivity contribution is -0.143. The first-order chi connectivity index (χ1) is 16.0. The molecule has 0 aliphatic rings. The van der Waals surface area contributed by atoms with Crippen LogP contribution in [0.4, 0.5) is 0 Å². The maximum atomic E-state index is 12.6. The Morgan fingerprint density at radius 2 is 1.82 bits per heavy atom. The Morgan fingerprint density at radius 3 is 2.52 bits per heavy atom. The lowest BCUT2D eigenvalue weighted by atomic mass is 10.3. The number of hydrogen-bond acceptors (Lipinski definition) is 7. The molecule has 0 saturated carbocycles. The van der Waals surface area contributed by atoms with E-state index >= 15 is 0 Å². The maximum absolute atomic E-state index is 12.6. The standard InChI is InChI=1S/C24H28N2O5S2/c1-4-30-18-10-13-20-21(15-18)33-24(26(20)16-23(28)31-5-2)25-22(27)7-6-14-32-19-11-8-17(29-3)9-12-19/h8-13,15H,4-7,14,16H2,1-3H3. The topological polar surface area (TPSA) is 79.1 Å². The largest absolute Gasteiger partial charge is 0.497 e. The number of esters is 1. The third-order valence-electron chi connectivity index (χ3n) is 4.64. The fourth-order valence-corrected chi connectivity index (χ4v) is 5.06. The molecule has 0 saturated heterocycles. The zero-order chi connectivity index (χ0) is 23.6. The first-order valence-electron chi connectivity index (χ1n) is 10.8. The summed E-state index contributed by atoms with van der Waals surface area (Å²) in [6, 6.07) is 13.5. The van der Waals surface area contributed by atoms with E-state index < -0.39 is 0 Å². The van der Waals surface area contributed by atoms with Gasteiger partial charge in [-0.1, -0.05) is 11.3 Å². The number of nitrogens with zero attached hydrogens (tertiary/aromatic N) is 2. The summed E-state index contributed by atoms with van der Waals surface area (Å²) >= 11 is 3.05. The van der Waals surface area contributed by atoms with Crippen molar-refractivity contribution >= 4 is 45.2 Å². The summed E-state index contributed by atoms with van der Waals surface area (Å²) in [6.07, 6.45) is 1.04. The zero-order valence-corrected chi connectivity index (χ0v) is 20.7. The molecule has 0 radical (unpaired) electrons. The fourth-order valence-electron chi connectivity index (χ4n) is 3.13. The summed E-state index contributed by atoms with van der Waals surface area (Å²) in [6.45, 7) is 4.55. The molecule has 7 nitrogen and oxygen atoms in total. The fraction of sp³-hybridized carbons (Fsp3) is 0.375. The van der Waals surface area contributed by atoms with Gasteiger partial charge in [-0.05, 0) is 68.5 Å². The molecule has 9 heteroatoms. The number of ether oxygens (including phenoxy) is 3. The van der Waals surface area contributed by atoms with Crippen molar-refractivity contribution in [3.05, 3.63) is 47.3 Å². The second-order valence-corrected chi connectivity index (χ2v) is 9.15. The highest BCUT2D eigenvalue weighted by atomic mass is 32.2. The van der Waals surface area contributed by atoms with Gasteiger partial charge in [0.1, 0.15) is 18.0 Å². The predicted octanol–water partition coefficient (Wildman–Crippen LogP) is 4.67. The van der Waals surface area contributed by atoms with Crippen molar-refractivity contribution in [1.29, 1.82) is 0 Å². The van der Waals surface area contributed by atoms with Crippen molar-refractivity contribution < 1.29 is 23.8 Å². The number of rotatable bonds is 11. The van der Waals surface area contributed by atoms with Crippen molar-refractivity contribution in [1.82, 2.24) is 4.57 Å². The van der Waals surface area contributed by atoms with E-state index in [0.29, 0.717) is 30.9 Å². The van der Waals surface area contributed by atoms with E-state index in [9.17, 15) is 9.59 Å². The molecule has 1 amide bonds. The molecular weight excluding hydrogens is 460 g/mol. The van der Waals surface area contributed by atoms with Crippen LogP contribution in [-0.2, 0) is 20.9 Å². The lowest BCUT2D eigenvalue weighted by Crippen LogP contribution is -2.23. The number of fused-ring (bicyclic) bond motifs is 1. The summed E-state index contributed by atoms with van der Waals surface area (Å²) in [4.78, 5) is 30.7. The first-order valence-corrected chi connectivity index (χ1v) is 12.6. The molecule has 0 spiro atoms. The van der Waals surface area contributed by atoms with Gasteiger partial charge in [0, 0.05) is 11.3 Å². The molecule has 0 aliphatic carbocycles. The van der Waals surface area contributed by atoms with E-state index in [1.165, 1.54) is 11.3 Å². The van der Waals surface area contributed by atoms with Crippen LogP contribution in [0.1, 0.15) is 26.7 Å². The van der Waals surface area contributed by atoms with Crippen LogP contribution < -0.4 is 14.3 Å². The molecule has 1 heterocycles.